The van der Waals surface area contributed by atoms with Gasteiger partial charge in [0.25, 0.3) is 5.91 Å². The van der Waals surface area contributed by atoms with Gasteiger partial charge in [0.2, 0.25) is 0 Å². The van der Waals surface area contributed by atoms with Crippen LogP contribution in [0.5, 0.6) is 5.75 Å². The summed E-state index contributed by atoms with van der Waals surface area (Å²) in [4.78, 5) is 24.5. The van der Waals surface area contributed by atoms with E-state index in [0.717, 1.165) is 24.2 Å². The van der Waals surface area contributed by atoms with Crippen LogP contribution < -0.4 is 10.1 Å². The van der Waals surface area contributed by atoms with Crippen molar-refractivity contribution in [1.29, 1.82) is 0 Å². The number of ether oxygens (including phenoxy) is 1. The molecule has 1 aromatic carbocycles. The van der Waals surface area contributed by atoms with E-state index in [9.17, 15) is 9.59 Å². The molecule has 1 fully saturated rings. The summed E-state index contributed by atoms with van der Waals surface area (Å²) in [5, 5.41) is 2.60. The van der Waals surface area contributed by atoms with Crippen molar-refractivity contribution in [3.05, 3.63) is 29.8 Å². The van der Waals surface area contributed by atoms with E-state index in [1.54, 1.807) is 14.0 Å². The summed E-state index contributed by atoms with van der Waals surface area (Å²) in [7, 11) is 1.63. The number of benzene rings is 1. The number of amides is 3. The zero-order chi connectivity index (χ0) is 13.8. The molecule has 1 aliphatic heterocycles. The summed E-state index contributed by atoms with van der Waals surface area (Å²) in [5.41, 5.74) is 1.14. The zero-order valence-electron chi connectivity index (χ0n) is 11.2. The van der Waals surface area contributed by atoms with E-state index < -0.39 is 6.04 Å². The highest BCUT2D eigenvalue weighted by atomic mass is 16.5. The van der Waals surface area contributed by atoms with Crippen LogP contribution in [0.4, 0.5) is 4.79 Å². The Kier molecular flexibility index (Phi) is 4.04. The van der Waals surface area contributed by atoms with E-state index in [-0.39, 0.29) is 11.9 Å². The second-order valence-corrected chi connectivity index (χ2v) is 4.62. The van der Waals surface area contributed by atoms with Gasteiger partial charge >= 0.3 is 6.03 Å². The van der Waals surface area contributed by atoms with Gasteiger partial charge in [-0.05, 0) is 37.5 Å². The summed E-state index contributed by atoms with van der Waals surface area (Å²) in [6.07, 6.45) is 1.56. The molecule has 102 valence electrons. The Balaban J connectivity index is 1.86. The van der Waals surface area contributed by atoms with Crippen molar-refractivity contribution >= 4 is 11.9 Å². The highest BCUT2D eigenvalue weighted by molar-refractivity contribution is 6.03. The molecular formula is C14H18N2O3. The highest BCUT2D eigenvalue weighted by Crippen LogP contribution is 2.14. The molecule has 0 aromatic heterocycles. The molecule has 19 heavy (non-hydrogen) atoms. The standard InChI is InChI=1S/C14H18N2O3/c1-10-13(17)16(14(18)15-10)8-4-6-11-5-3-7-12(9-11)19-2/h3,5,7,9-10H,4,6,8H2,1-2H3,(H,15,18). The minimum atomic E-state index is -0.399. The Morgan fingerprint density at radius 3 is 2.79 bits per heavy atom. The number of aryl methyl sites for hydroxylation is 1. The molecule has 2 rings (SSSR count). The zero-order valence-corrected chi connectivity index (χ0v) is 11.2. The van der Waals surface area contributed by atoms with Gasteiger partial charge in [-0.1, -0.05) is 12.1 Å². The summed E-state index contributed by atoms with van der Waals surface area (Å²) in [5.74, 6) is 0.678. The Hall–Kier alpha value is -2.04. The van der Waals surface area contributed by atoms with E-state index in [2.05, 4.69) is 5.32 Å². The molecule has 0 aliphatic carbocycles. The first-order valence-electron chi connectivity index (χ1n) is 6.36. The van der Waals surface area contributed by atoms with E-state index in [1.165, 1.54) is 4.90 Å². The smallest absolute Gasteiger partial charge is 0.324 e. The fourth-order valence-electron chi connectivity index (χ4n) is 2.14. The molecule has 1 atom stereocenters. The molecule has 1 aromatic rings. The number of carbonyl (C=O) groups excluding carboxylic acids is 2. The first kappa shape index (κ1) is 13.4. The van der Waals surface area contributed by atoms with Gasteiger partial charge in [-0.3, -0.25) is 9.69 Å². The fourth-order valence-corrected chi connectivity index (χ4v) is 2.14. The van der Waals surface area contributed by atoms with Crippen LogP contribution >= 0.6 is 0 Å². The monoisotopic (exact) mass is 262 g/mol. The molecule has 5 heteroatoms. The van der Waals surface area contributed by atoms with Crippen molar-refractivity contribution in [2.75, 3.05) is 13.7 Å². The summed E-state index contributed by atoms with van der Waals surface area (Å²) in [6, 6.07) is 7.12. The van der Waals surface area contributed by atoms with Gasteiger partial charge in [0.1, 0.15) is 11.8 Å². The van der Waals surface area contributed by atoms with E-state index in [4.69, 9.17) is 4.74 Å². The Bertz CT molecular complexity index is 487. The molecule has 1 heterocycles. The fraction of sp³-hybridized carbons (Fsp3) is 0.429. The van der Waals surface area contributed by atoms with Crippen molar-refractivity contribution in [1.82, 2.24) is 10.2 Å². The molecule has 0 saturated carbocycles. The minimum absolute atomic E-state index is 0.143. The number of rotatable bonds is 5. The Morgan fingerprint density at radius 1 is 1.37 bits per heavy atom. The van der Waals surface area contributed by atoms with Crippen LogP contribution in [0.3, 0.4) is 0 Å². The van der Waals surface area contributed by atoms with E-state index >= 15 is 0 Å². The molecule has 0 spiro atoms. The van der Waals surface area contributed by atoms with Crippen LogP contribution in [0.1, 0.15) is 18.9 Å². The van der Waals surface area contributed by atoms with Crippen LogP contribution in [0.15, 0.2) is 24.3 Å². The van der Waals surface area contributed by atoms with Crippen LogP contribution in [0.25, 0.3) is 0 Å². The van der Waals surface area contributed by atoms with Crippen molar-refractivity contribution in [2.24, 2.45) is 0 Å². The number of urea groups is 1. The lowest BCUT2D eigenvalue weighted by molar-refractivity contribution is -0.127. The number of hydrogen-bond acceptors (Lipinski definition) is 3. The topological polar surface area (TPSA) is 58.6 Å². The normalized spacial score (nSPS) is 18.6. The quantitative estimate of drug-likeness (QED) is 0.819. The van der Waals surface area contributed by atoms with Gasteiger partial charge in [-0.2, -0.15) is 0 Å². The third-order valence-electron chi connectivity index (χ3n) is 3.20. The second-order valence-electron chi connectivity index (χ2n) is 4.62. The third kappa shape index (κ3) is 3.05. The van der Waals surface area contributed by atoms with Gasteiger partial charge in [0.15, 0.2) is 0 Å². The average Bonchev–Trinajstić information content (AvgIpc) is 2.65. The molecule has 0 bridgehead atoms. The molecule has 1 N–H and O–H groups in total. The molecule has 1 aliphatic rings. The molecule has 0 radical (unpaired) electrons. The molecule has 1 saturated heterocycles. The number of imide groups is 1. The van der Waals surface area contributed by atoms with Crippen LogP contribution in [-0.2, 0) is 11.2 Å². The third-order valence-corrected chi connectivity index (χ3v) is 3.20. The van der Waals surface area contributed by atoms with Crippen LogP contribution in [0, 0.1) is 0 Å². The van der Waals surface area contributed by atoms with Gasteiger partial charge in [0.05, 0.1) is 7.11 Å². The predicted octanol–water partition coefficient (Wildman–Crippen LogP) is 1.57. The van der Waals surface area contributed by atoms with E-state index in [0.29, 0.717) is 6.54 Å². The summed E-state index contributed by atoms with van der Waals surface area (Å²) >= 11 is 0. The molecule has 3 amide bonds. The minimum Gasteiger partial charge on any atom is -0.497 e. The maximum Gasteiger partial charge on any atom is 0.324 e. The Morgan fingerprint density at radius 2 is 2.16 bits per heavy atom. The Labute approximate surface area is 112 Å². The predicted molar refractivity (Wildman–Crippen MR) is 71.0 cm³/mol. The second kappa shape index (κ2) is 5.73. The molecule has 1 unspecified atom stereocenters. The lowest BCUT2D eigenvalue weighted by atomic mass is 10.1. The SMILES string of the molecule is COc1cccc(CCCN2C(=O)NC(C)C2=O)c1. The summed E-state index contributed by atoms with van der Waals surface area (Å²) in [6.45, 7) is 2.15. The maximum absolute atomic E-state index is 11.7. The first-order valence-corrected chi connectivity index (χ1v) is 6.36. The van der Waals surface area contributed by atoms with Gasteiger partial charge in [0, 0.05) is 6.54 Å². The number of nitrogens with one attached hydrogen (secondary N) is 1. The molecule has 5 nitrogen and oxygen atoms in total. The van der Waals surface area contributed by atoms with Gasteiger partial charge in [-0.25, -0.2) is 4.79 Å². The van der Waals surface area contributed by atoms with Gasteiger partial charge < -0.3 is 10.1 Å². The van der Waals surface area contributed by atoms with E-state index in [1.807, 2.05) is 24.3 Å². The van der Waals surface area contributed by atoms with Crippen LogP contribution in [-0.4, -0.2) is 36.5 Å². The van der Waals surface area contributed by atoms with Crippen LogP contribution in [0.2, 0.25) is 0 Å². The number of carbonyl (C=O) groups is 2. The van der Waals surface area contributed by atoms with Crippen molar-refractivity contribution in [3.8, 4) is 5.75 Å². The van der Waals surface area contributed by atoms with Gasteiger partial charge in [-0.15, -0.1) is 0 Å². The van der Waals surface area contributed by atoms with Crippen molar-refractivity contribution in [3.63, 3.8) is 0 Å². The lowest BCUT2D eigenvalue weighted by Crippen LogP contribution is -2.32. The number of hydrogen-bond donors (Lipinski definition) is 1. The number of methoxy groups -OCH3 is 1. The van der Waals surface area contributed by atoms with Crippen molar-refractivity contribution < 1.29 is 14.3 Å². The molecular weight excluding hydrogens is 244 g/mol. The number of nitrogens with zero attached hydrogens (tertiary/aromatic N) is 1. The largest absolute Gasteiger partial charge is 0.497 e. The average molecular weight is 262 g/mol. The highest BCUT2D eigenvalue weighted by Gasteiger charge is 2.34. The first-order chi connectivity index (χ1) is 9.11. The lowest BCUT2D eigenvalue weighted by Gasteiger charge is -2.12. The summed E-state index contributed by atoms with van der Waals surface area (Å²) < 4.78 is 5.15. The maximum atomic E-state index is 11.7. The van der Waals surface area contributed by atoms with Crippen molar-refractivity contribution in [2.45, 2.75) is 25.8 Å².